The third-order valence-electron chi connectivity index (χ3n) is 3.91. The summed E-state index contributed by atoms with van der Waals surface area (Å²) in [5.41, 5.74) is 7.50. The molecule has 0 saturated heterocycles. The van der Waals surface area contributed by atoms with E-state index in [0.29, 0.717) is 17.5 Å². The first-order chi connectivity index (χ1) is 9.50. The fraction of sp³-hybridized carbons (Fsp3) is 0.467. The monoisotopic (exact) mass is 273 g/mol. The molecule has 3 N–H and O–H groups in total. The van der Waals surface area contributed by atoms with Crippen molar-refractivity contribution in [2.75, 3.05) is 5.32 Å². The van der Waals surface area contributed by atoms with Gasteiger partial charge in [0, 0.05) is 12.1 Å². The molecule has 0 bridgehead atoms. The molecule has 1 aromatic heterocycles. The van der Waals surface area contributed by atoms with Crippen LogP contribution in [0.5, 0.6) is 0 Å². The number of hydrogen-bond donors (Lipinski definition) is 2. The maximum Gasteiger partial charge on any atom is 0.244 e. The average molecular weight is 273 g/mol. The van der Waals surface area contributed by atoms with Crippen LogP contribution in [0.2, 0.25) is 0 Å². The zero-order valence-electron chi connectivity index (χ0n) is 11.8. The quantitative estimate of drug-likeness (QED) is 0.896. The maximum atomic E-state index is 12.2. The van der Waals surface area contributed by atoms with E-state index >= 15 is 0 Å². The molecule has 1 atom stereocenters. The minimum atomic E-state index is -0.798. The highest BCUT2D eigenvalue weighted by atomic mass is 16.3. The predicted octanol–water partition coefficient (Wildman–Crippen LogP) is 2.46. The van der Waals surface area contributed by atoms with E-state index in [4.69, 9.17) is 10.2 Å². The Morgan fingerprint density at radius 3 is 2.95 bits per heavy atom. The summed E-state index contributed by atoms with van der Waals surface area (Å²) in [5, 5.41) is 2.88. The number of nitrogens with zero attached hydrogens (tertiary/aromatic N) is 1. The number of anilines is 1. The van der Waals surface area contributed by atoms with Crippen molar-refractivity contribution >= 4 is 22.7 Å². The third kappa shape index (κ3) is 2.29. The molecule has 1 heterocycles. The van der Waals surface area contributed by atoms with E-state index < -0.39 is 5.54 Å². The summed E-state index contributed by atoms with van der Waals surface area (Å²) in [5.74, 6) is 0.855. The summed E-state index contributed by atoms with van der Waals surface area (Å²) in [6, 6.07) is 5.45. The molecule has 1 aromatic carbocycles. The standard InChI is InChI=1S/C15H19N3O2/c1-3-13-18-11-8-10(6-7-12(11)20-13)17-14(19)15(2,16)9-4-5-9/h6-9H,3-5,16H2,1-2H3,(H,17,19). The Morgan fingerprint density at radius 1 is 1.55 bits per heavy atom. The van der Waals surface area contributed by atoms with Crippen LogP contribution in [-0.2, 0) is 11.2 Å². The average Bonchev–Trinajstić information content (AvgIpc) is 3.19. The van der Waals surface area contributed by atoms with E-state index in [1.807, 2.05) is 25.1 Å². The summed E-state index contributed by atoms with van der Waals surface area (Å²) in [4.78, 5) is 16.6. The number of nitrogens with one attached hydrogen (secondary N) is 1. The number of carbonyl (C=O) groups excluding carboxylic acids is 1. The van der Waals surface area contributed by atoms with Gasteiger partial charge in [-0.3, -0.25) is 4.79 Å². The van der Waals surface area contributed by atoms with Crippen LogP contribution < -0.4 is 11.1 Å². The van der Waals surface area contributed by atoms with Gasteiger partial charge in [0.15, 0.2) is 11.5 Å². The molecule has 106 valence electrons. The number of fused-ring (bicyclic) bond motifs is 1. The molecule has 1 aliphatic rings. The Labute approximate surface area is 117 Å². The van der Waals surface area contributed by atoms with Crippen molar-refractivity contribution in [2.24, 2.45) is 11.7 Å². The van der Waals surface area contributed by atoms with Gasteiger partial charge in [-0.05, 0) is 43.9 Å². The lowest BCUT2D eigenvalue weighted by Gasteiger charge is -2.23. The van der Waals surface area contributed by atoms with Gasteiger partial charge in [0.25, 0.3) is 0 Å². The smallest absolute Gasteiger partial charge is 0.244 e. The van der Waals surface area contributed by atoms with Crippen molar-refractivity contribution in [3.05, 3.63) is 24.1 Å². The van der Waals surface area contributed by atoms with Gasteiger partial charge in [0.1, 0.15) is 5.52 Å². The van der Waals surface area contributed by atoms with E-state index in [9.17, 15) is 4.79 Å². The van der Waals surface area contributed by atoms with Crippen LogP contribution in [0.4, 0.5) is 5.69 Å². The largest absolute Gasteiger partial charge is 0.441 e. The molecule has 1 fully saturated rings. The minimum absolute atomic E-state index is 0.140. The molecule has 1 aliphatic carbocycles. The first-order valence-electron chi connectivity index (χ1n) is 7.00. The number of amides is 1. The predicted molar refractivity (Wildman–Crippen MR) is 77.3 cm³/mol. The summed E-state index contributed by atoms with van der Waals surface area (Å²) in [6.45, 7) is 3.78. The van der Waals surface area contributed by atoms with Crippen LogP contribution in [0, 0.1) is 5.92 Å². The molecule has 2 aromatic rings. The zero-order valence-corrected chi connectivity index (χ0v) is 11.8. The number of hydrogen-bond acceptors (Lipinski definition) is 4. The van der Waals surface area contributed by atoms with Crippen LogP contribution in [-0.4, -0.2) is 16.4 Å². The number of nitrogens with two attached hydrogens (primary N) is 1. The molecule has 1 unspecified atom stereocenters. The van der Waals surface area contributed by atoms with Crippen molar-refractivity contribution in [1.29, 1.82) is 0 Å². The third-order valence-corrected chi connectivity index (χ3v) is 3.91. The second-order valence-electron chi connectivity index (χ2n) is 5.65. The van der Waals surface area contributed by atoms with Crippen LogP contribution in [0.3, 0.4) is 0 Å². The van der Waals surface area contributed by atoms with Gasteiger partial charge in [-0.1, -0.05) is 6.92 Å². The molecule has 0 spiro atoms. The number of benzene rings is 1. The van der Waals surface area contributed by atoms with Crippen molar-refractivity contribution in [3.63, 3.8) is 0 Å². The topological polar surface area (TPSA) is 81.2 Å². The Morgan fingerprint density at radius 2 is 2.30 bits per heavy atom. The van der Waals surface area contributed by atoms with Gasteiger partial charge >= 0.3 is 0 Å². The van der Waals surface area contributed by atoms with E-state index in [0.717, 1.165) is 30.4 Å². The molecular formula is C15H19N3O2. The Balaban J connectivity index is 1.81. The Kier molecular flexibility index (Phi) is 3.01. The van der Waals surface area contributed by atoms with Crippen molar-refractivity contribution in [1.82, 2.24) is 4.98 Å². The second kappa shape index (κ2) is 4.59. The Hall–Kier alpha value is -1.88. The van der Waals surface area contributed by atoms with Crippen molar-refractivity contribution < 1.29 is 9.21 Å². The number of oxazole rings is 1. The SMILES string of the molecule is CCc1nc2cc(NC(=O)C(C)(N)C3CC3)ccc2o1. The number of carbonyl (C=O) groups is 1. The molecule has 0 aliphatic heterocycles. The fourth-order valence-corrected chi connectivity index (χ4v) is 2.34. The lowest BCUT2D eigenvalue weighted by Crippen LogP contribution is -2.50. The molecule has 0 radical (unpaired) electrons. The van der Waals surface area contributed by atoms with Gasteiger partial charge < -0.3 is 15.5 Å². The van der Waals surface area contributed by atoms with E-state index in [1.165, 1.54) is 0 Å². The first-order valence-corrected chi connectivity index (χ1v) is 7.00. The molecular weight excluding hydrogens is 254 g/mol. The van der Waals surface area contributed by atoms with E-state index in [2.05, 4.69) is 10.3 Å². The van der Waals surface area contributed by atoms with Crippen LogP contribution >= 0.6 is 0 Å². The van der Waals surface area contributed by atoms with Crippen molar-refractivity contribution in [2.45, 2.75) is 38.6 Å². The molecule has 1 saturated carbocycles. The van der Waals surface area contributed by atoms with Gasteiger partial charge in [-0.25, -0.2) is 4.98 Å². The summed E-state index contributed by atoms with van der Waals surface area (Å²) >= 11 is 0. The maximum absolute atomic E-state index is 12.2. The van der Waals surface area contributed by atoms with Crippen LogP contribution in [0.1, 0.15) is 32.6 Å². The molecule has 5 heteroatoms. The van der Waals surface area contributed by atoms with Gasteiger partial charge in [0.05, 0.1) is 5.54 Å². The second-order valence-corrected chi connectivity index (χ2v) is 5.65. The molecule has 3 rings (SSSR count). The van der Waals surface area contributed by atoms with Crippen LogP contribution in [0.15, 0.2) is 22.6 Å². The molecule has 20 heavy (non-hydrogen) atoms. The fourth-order valence-electron chi connectivity index (χ4n) is 2.34. The van der Waals surface area contributed by atoms with E-state index in [-0.39, 0.29) is 5.91 Å². The first kappa shape index (κ1) is 13.1. The number of aromatic nitrogens is 1. The Bertz CT molecular complexity index is 656. The normalized spacial score (nSPS) is 17.9. The summed E-state index contributed by atoms with van der Waals surface area (Å²) in [7, 11) is 0. The highest BCUT2D eigenvalue weighted by Crippen LogP contribution is 2.38. The van der Waals surface area contributed by atoms with Gasteiger partial charge in [-0.15, -0.1) is 0 Å². The zero-order chi connectivity index (χ0) is 14.3. The van der Waals surface area contributed by atoms with E-state index in [1.54, 1.807) is 6.92 Å². The summed E-state index contributed by atoms with van der Waals surface area (Å²) in [6.07, 6.45) is 2.81. The van der Waals surface area contributed by atoms with Gasteiger partial charge in [-0.2, -0.15) is 0 Å². The highest BCUT2D eigenvalue weighted by Gasteiger charge is 2.44. The van der Waals surface area contributed by atoms with Gasteiger partial charge in [0.2, 0.25) is 5.91 Å². The molecule has 1 amide bonds. The number of aryl methyl sites for hydroxylation is 1. The number of rotatable bonds is 4. The van der Waals surface area contributed by atoms with Crippen molar-refractivity contribution in [3.8, 4) is 0 Å². The summed E-state index contributed by atoms with van der Waals surface area (Å²) < 4.78 is 5.54. The van der Waals surface area contributed by atoms with Crippen LogP contribution in [0.25, 0.3) is 11.1 Å². The minimum Gasteiger partial charge on any atom is -0.441 e. The molecule has 5 nitrogen and oxygen atoms in total. The lowest BCUT2D eigenvalue weighted by atomic mass is 9.96. The lowest BCUT2D eigenvalue weighted by molar-refractivity contribution is -0.121. The highest BCUT2D eigenvalue weighted by molar-refractivity contribution is 5.99.